The normalized spacial score (nSPS) is 14.8. The van der Waals surface area contributed by atoms with Crippen molar-refractivity contribution in [2.75, 3.05) is 40.9 Å². The van der Waals surface area contributed by atoms with Crippen LogP contribution in [0.2, 0.25) is 0 Å². The number of phosphoric ester groups is 1. The number of aliphatic hydroxyl groups is 1. The van der Waals surface area contributed by atoms with Crippen molar-refractivity contribution in [2.45, 2.75) is 219 Å². The minimum Gasteiger partial charge on any atom is -0.756 e. The molecular weight excluding hydrogens is 792 g/mol. The van der Waals surface area contributed by atoms with E-state index in [4.69, 9.17) is 9.05 Å². The van der Waals surface area contributed by atoms with E-state index in [2.05, 4.69) is 92.1 Å². The third-order valence-electron chi connectivity index (χ3n) is 11.0. The quantitative estimate of drug-likeness (QED) is 0.0273. The lowest BCUT2D eigenvalue weighted by molar-refractivity contribution is -0.870. The number of allylic oxidation sites excluding steroid dienone is 12. The summed E-state index contributed by atoms with van der Waals surface area (Å²) in [5, 5.41) is 13.9. The van der Waals surface area contributed by atoms with Crippen LogP contribution < -0.4 is 10.2 Å². The number of quaternary nitrogens is 1. The van der Waals surface area contributed by atoms with E-state index in [9.17, 15) is 19.4 Å². The minimum absolute atomic E-state index is 0.00708. The third-order valence-corrected chi connectivity index (χ3v) is 11.9. The number of carbonyl (C=O) groups excluding carboxylic acids is 1. The highest BCUT2D eigenvalue weighted by Crippen LogP contribution is 2.38. The second-order valence-electron chi connectivity index (χ2n) is 18.1. The predicted octanol–water partition coefficient (Wildman–Crippen LogP) is 14.1. The lowest BCUT2D eigenvalue weighted by atomic mass is 10.0. The van der Waals surface area contributed by atoms with Crippen LogP contribution in [0, 0.1) is 0 Å². The average molecular weight is 889 g/mol. The van der Waals surface area contributed by atoms with Crippen LogP contribution in [0.5, 0.6) is 0 Å². The fourth-order valence-electron chi connectivity index (χ4n) is 6.98. The summed E-state index contributed by atoms with van der Waals surface area (Å²) in [5.74, 6) is -0.177. The first-order valence-corrected chi connectivity index (χ1v) is 26.7. The van der Waals surface area contributed by atoms with Gasteiger partial charge in [0.05, 0.1) is 39.9 Å². The van der Waals surface area contributed by atoms with E-state index < -0.39 is 20.0 Å². The first kappa shape index (κ1) is 59.9. The highest BCUT2D eigenvalue weighted by Gasteiger charge is 2.24. The Bertz CT molecular complexity index is 1240. The Hall–Kier alpha value is -2.06. The van der Waals surface area contributed by atoms with Gasteiger partial charge in [-0.25, -0.2) is 0 Å². The number of hydrogen-bond acceptors (Lipinski definition) is 6. The van der Waals surface area contributed by atoms with E-state index in [1.54, 1.807) is 0 Å². The Kier molecular flexibility index (Phi) is 42.7. The number of nitrogens with zero attached hydrogens (tertiary/aromatic N) is 1. The van der Waals surface area contributed by atoms with Crippen LogP contribution in [-0.4, -0.2) is 68.5 Å². The molecule has 0 heterocycles. The van der Waals surface area contributed by atoms with Crippen LogP contribution in [0.15, 0.2) is 72.9 Å². The Morgan fingerprint density at radius 2 is 0.984 bits per heavy atom. The second kappa shape index (κ2) is 44.2. The number of hydrogen-bond donors (Lipinski definition) is 2. The Morgan fingerprint density at radius 3 is 1.44 bits per heavy atom. The molecule has 0 saturated heterocycles. The van der Waals surface area contributed by atoms with Gasteiger partial charge >= 0.3 is 0 Å². The van der Waals surface area contributed by atoms with Gasteiger partial charge in [-0.1, -0.05) is 209 Å². The van der Waals surface area contributed by atoms with Crippen LogP contribution >= 0.6 is 7.82 Å². The fourth-order valence-corrected chi connectivity index (χ4v) is 7.71. The summed E-state index contributed by atoms with van der Waals surface area (Å²) in [6.07, 6.45) is 59.1. The molecule has 360 valence electrons. The van der Waals surface area contributed by atoms with Gasteiger partial charge in [0.1, 0.15) is 13.2 Å². The zero-order valence-electron chi connectivity index (χ0n) is 40.8. The van der Waals surface area contributed by atoms with Crippen molar-refractivity contribution < 1.29 is 32.9 Å². The maximum Gasteiger partial charge on any atom is 0.268 e. The summed E-state index contributed by atoms with van der Waals surface area (Å²) < 4.78 is 23.3. The van der Waals surface area contributed by atoms with E-state index in [0.717, 1.165) is 83.5 Å². The highest BCUT2D eigenvalue weighted by atomic mass is 31.2. The van der Waals surface area contributed by atoms with Crippen LogP contribution in [0.4, 0.5) is 0 Å². The predicted molar refractivity (Wildman–Crippen MR) is 265 cm³/mol. The Balaban J connectivity index is 4.24. The molecule has 9 heteroatoms. The summed E-state index contributed by atoms with van der Waals surface area (Å²) in [6, 6.07) is -0.808. The van der Waals surface area contributed by atoms with Crippen molar-refractivity contribution in [3.8, 4) is 0 Å². The number of phosphoric acid groups is 1. The van der Waals surface area contributed by atoms with Gasteiger partial charge in [0.2, 0.25) is 5.91 Å². The van der Waals surface area contributed by atoms with Crippen molar-refractivity contribution in [1.82, 2.24) is 5.32 Å². The molecule has 0 aromatic carbocycles. The molecule has 0 bridgehead atoms. The van der Waals surface area contributed by atoms with Crippen LogP contribution in [0.1, 0.15) is 206 Å². The van der Waals surface area contributed by atoms with Gasteiger partial charge in [-0.2, -0.15) is 0 Å². The molecule has 0 aromatic rings. The Labute approximate surface area is 383 Å². The van der Waals surface area contributed by atoms with E-state index in [0.29, 0.717) is 23.9 Å². The van der Waals surface area contributed by atoms with Gasteiger partial charge in [0.15, 0.2) is 0 Å². The molecule has 0 spiro atoms. The number of likely N-dealkylation sites (N-methyl/N-ethyl adjacent to an activating group) is 1. The summed E-state index contributed by atoms with van der Waals surface area (Å²) in [5.41, 5.74) is 0. The summed E-state index contributed by atoms with van der Waals surface area (Å²) in [4.78, 5) is 25.4. The highest BCUT2D eigenvalue weighted by molar-refractivity contribution is 7.45. The first-order chi connectivity index (χ1) is 30.0. The van der Waals surface area contributed by atoms with E-state index in [1.165, 1.54) is 96.3 Å². The zero-order chi connectivity index (χ0) is 45.7. The number of unbranched alkanes of at least 4 members (excludes halogenated alkanes) is 20. The van der Waals surface area contributed by atoms with Crippen molar-refractivity contribution in [3.05, 3.63) is 72.9 Å². The van der Waals surface area contributed by atoms with Crippen LogP contribution in [0.25, 0.3) is 0 Å². The lowest BCUT2D eigenvalue weighted by Gasteiger charge is -2.30. The number of rotatable bonds is 45. The van der Waals surface area contributed by atoms with Crippen molar-refractivity contribution in [1.29, 1.82) is 0 Å². The molecule has 1 amide bonds. The second-order valence-corrected chi connectivity index (χ2v) is 19.6. The largest absolute Gasteiger partial charge is 0.756 e. The van der Waals surface area contributed by atoms with Crippen LogP contribution in [0.3, 0.4) is 0 Å². The summed E-state index contributed by atoms with van der Waals surface area (Å²) in [6.45, 7) is 4.59. The minimum atomic E-state index is -4.57. The third kappa shape index (κ3) is 45.9. The number of amides is 1. The monoisotopic (exact) mass is 889 g/mol. The molecule has 0 aliphatic carbocycles. The molecule has 0 aliphatic heterocycles. The summed E-state index contributed by atoms with van der Waals surface area (Å²) >= 11 is 0. The van der Waals surface area contributed by atoms with Gasteiger partial charge in [0, 0.05) is 6.42 Å². The Morgan fingerprint density at radius 1 is 0.581 bits per heavy atom. The molecule has 0 saturated carbocycles. The molecule has 0 fully saturated rings. The number of carbonyl (C=O) groups is 1. The smallest absolute Gasteiger partial charge is 0.268 e. The van der Waals surface area contributed by atoms with Crippen molar-refractivity contribution >= 4 is 13.7 Å². The molecule has 0 rings (SSSR count). The molecule has 0 aromatic heterocycles. The molecule has 0 radical (unpaired) electrons. The van der Waals surface area contributed by atoms with Gasteiger partial charge in [0.25, 0.3) is 7.82 Å². The van der Waals surface area contributed by atoms with Crippen molar-refractivity contribution in [3.63, 3.8) is 0 Å². The number of aliphatic hydroxyl groups excluding tert-OH is 1. The standard InChI is InChI=1S/C53H97N2O6P/c1-6-8-10-12-14-16-18-20-21-22-23-24-25-26-27-28-29-30-31-32-33-35-37-39-41-43-45-47-53(57)54-51(50-61-62(58,59)60-49-48-55(3,4)5)52(56)46-44-42-40-38-36-34-19-17-15-13-11-9-7-2/h8,10,14,16,20-21,23-24,26-27,29-30,51-52,56H,6-7,9,11-13,15,17-19,22,25,28,31-50H2,1-5H3,(H-,54,57,58,59)/b10-8-,16-14-,21-20-,24-23-,27-26-,30-29-. The average Bonchev–Trinajstić information content (AvgIpc) is 3.23. The molecular formula is C53H97N2O6P. The van der Waals surface area contributed by atoms with Gasteiger partial charge < -0.3 is 28.8 Å². The van der Waals surface area contributed by atoms with Crippen LogP contribution in [-0.2, 0) is 18.4 Å². The van der Waals surface area contributed by atoms with E-state index >= 15 is 0 Å². The molecule has 8 nitrogen and oxygen atoms in total. The van der Waals surface area contributed by atoms with Gasteiger partial charge in [-0.05, 0) is 64.2 Å². The topological polar surface area (TPSA) is 108 Å². The maximum atomic E-state index is 12.9. The molecule has 3 atom stereocenters. The van der Waals surface area contributed by atoms with E-state index in [-0.39, 0.29) is 19.1 Å². The van der Waals surface area contributed by atoms with Gasteiger partial charge in [-0.3, -0.25) is 9.36 Å². The molecule has 2 N–H and O–H groups in total. The molecule has 0 aliphatic rings. The lowest BCUT2D eigenvalue weighted by Crippen LogP contribution is -2.46. The molecule has 62 heavy (non-hydrogen) atoms. The first-order valence-electron chi connectivity index (χ1n) is 25.3. The zero-order valence-corrected chi connectivity index (χ0v) is 41.7. The van der Waals surface area contributed by atoms with Crippen molar-refractivity contribution in [2.24, 2.45) is 0 Å². The molecule has 3 unspecified atom stereocenters. The fraction of sp³-hybridized carbons (Fsp3) is 0.755. The summed E-state index contributed by atoms with van der Waals surface area (Å²) in [7, 11) is 1.29. The van der Waals surface area contributed by atoms with E-state index in [1.807, 2.05) is 21.1 Å². The SMILES string of the molecule is CC/C=C\C/C=C\C/C=C\C/C=C\C/C=C\C/C=C\CCCCCCCCCCC(=O)NC(COP(=O)([O-])OCC[N+](C)(C)C)C(O)CCCCCCCCCCCCCCC. The maximum absolute atomic E-state index is 12.9. The van der Waals surface area contributed by atoms with Gasteiger partial charge in [-0.15, -0.1) is 0 Å². The number of nitrogens with one attached hydrogen (secondary N) is 1.